The molecule has 1 aromatic heterocycles. The first-order chi connectivity index (χ1) is 11.5. The van der Waals surface area contributed by atoms with Crippen molar-refractivity contribution < 1.29 is 0 Å². The summed E-state index contributed by atoms with van der Waals surface area (Å²) in [6.07, 6.45) is 0. The third kappa shape index (κ3) is 3.84. The highest BCUT2D eigenvalue weighted by Crippen LogP contribution is 2.26. The second-order valence-corrected chi connectivity index (χ2v) is 6.16. The number of rotatable bonds is 4. The minimum Gasteiger partial charge on any atom is -0.340 e. The molecule has 0 aliphatic carbocycles. The molecule has 0 fully saturated rings. The van der Waals surface area contributed by atoms with Gasteiger partial charge < -0.3 is 10.6 Å². The Morgan fingerprint density at radius 1 is 0.875 bits per heavy atom. The minimum absolute atomic E-state index is 0.558. The zero-order valence-corrected chi connectivity index (χ0v) is 14.6. The Morgan fingerprint density at radius 3 is 2.46 bits per heavy atom. The second-order valence-electron chi connectivity index (χ2n) is 5.75. The van der Waals surface area contributed by atoms with Crippen molar-refractivity contribution in [1.29, 1.82) is 0 Å². The van der Waals surface area contributed by atoms with Crippen LogP contribution in [0.4, 0.5) is 23.1 Å². The fourth-order valence-electron chi connectivity index (χ4n) is 2.42. The smallest absolute Gasteiger partial charge is 0.229 e. The molecule has 3 rings (SSSR count). The standard InChI is InChI=1S/C19H19ClN4/c1-12-6-4-7-15(10-12)22-19-21-13(2)11-18(24-19)23-17-9-5-8-16(20)14(17)3/h4-11H,1-3H3,(H2,21,22,23,24). The van der Waals surface area contributed by atoms with Crippen molar-refractivity contribution in [2.75, 3.05) is 10.6 Å². The summed E-state index contributed by atoms with van der Waals surface area (Å²) >= 11 is 6.18. The first-order valence-electron chi connectivity index (χ1n) is 7.73. The lowest BCUT2D eigenvalue weighted by Gasteiger charge is -2.12. The van der Waals surface area contributed by atoms with Gasteiger partial charge in [0, 0.05) is 28.2 Å². The maximum Gasteiger partial charge on any atom is 0.229 e. The van der Waals surface area contributed by atoms with Crippen LogP contribution in [0.25, 0.3) is 0 Å². The molecule has 122 valence electrons. The average Bonchev–Trinajstić information content (AvgIpc) is 2.51. The van der Waals surface area contributed by atoms with Crippen molar-refractivity contribution in [3.05, 3.63) is 70.4 Å². The number of nitrogens with zero attached hydrogens (tertiary/aromatic N) is 2. The number of benzene rings is 2. The summed E-state index contributed by atoms with van der Waals surface area (Å²) in [6, 6.07) is 15.8. The second kappa shape index (κ2) is 6.89. The van der Waals surface area contributed by atoms with E-state index in [0.29, 0.717) is 5.95 Å². The molecule has 0 saturated heterocycles. The van der Waals surface area contributed by atoms with Gasteiger partial charge in [0.1, 0.15) is 5.82 Å². The normalized spacial score (nSPS) is 10.5. The largest absolute Gasteiger partial charge is 0.340 e. The summed E-state index contributed by atoms with van der Waals surface area (Å²) in [5.41, 5.74) is 4.94. The fourth-order valence-corrected chi connectivity index (χ4v) is 2.60. The quantitative estimate of drug-likeness (QED) is 0.655. The summed E-state index contributed by atoms with van der Waals surface area (Å²) in [7, 11) is 0. The van der Waals surface area contributed by atoms with Crippen LogP contribution in [-0.2, 0) is 0 Å². The van der Waals surface area contributed by atoms with Crippen LogP contribution in [0.3, 0.4) is 0 Å². The number of hydrogen-bond acceptors (Lipinski definition) is 4. The molecule has 5 heteroatoms. The molecule has 0 radical (unpaired) electrons. The molecule has 0 amide bonds. The predicted octanol–water partition coefficient (Wildman–Crippen LogP) is 5.54. The number of aromatic nitrogens is 2. The van der Waals surface area contributed by atoms with Crippen LogP contribution in [-0.4, -0.2) is 9.97 Å². The zero-order valence-electron chi connectivity index (χ0n) is 13.9. The van der Waals surface area contributed by atoms with E-state index in [0.717, 1.165) is 33.5 Å². The van der Waals surface area contributed by atoms with Gasteiger partial charge in [0.25, 0.3) is 0 Å². The van der Waals surface area contributed by atoms with E-state index in [1.54, 1.807) is 0 Å². The first-order valence-corrected chi connectivity index (χ1v) is 8.10. The Kier molecular flexibility index (Phi) is 4.67. The van der Waals surface area contributed by atoms with Gasteiger partial charge >= 0.3 is 0 Å². The van der Waals surface area contributed by atoms with Crippen molar-refractivity contribution in [2.45, 2.75) is 20.8 Å². The van der Waals surface area contributed by atoms with Crippen LogP contribution >= 0.6 is 11.6 Å². The molecule has 0 atom stereocenters. The lowest BCUT2D eigenvalue weighted by Crippen LogP contribution is -2.03. The Bertz CT molecular complexity index is 877. The maximum atomic E-state index is 6.18. The summed E-state index contributed by atoms with van der Waals surface area (Å²) < 4.78 is 0. The van der Waals surface area contributed by atoms with Gasteiger partial charge in [0.15, 0.2) is 0 Å². The van der Waals surface area contributed by atoms with E-state index >= 15 is 0 Å². The highest BCUT2D eigenvalue weighted by atomic mass is 35.5. The zero-order chi connectivity index (χ0) is 17.1. The van der Waals surface area contributed by atoms with Crippen LogP contribution in [0.15, 0.2) is 48.5 Å². The number of nitrogens with one attached hydrogen (secondary N) is 2. The molecular formula is C19H19ClN4. The number of halogens is 1. The van der Waals surface area contributed by atoms with E-state index in [-0.39, 0.29) is 0 Å². The van der Waals surface area contributed by atoms with Crippen molar-refractivity contribution in [2.24, 2.45) is 0 Å². The molecule has 2 aromatic carbocycles. The third-order valence-electron chi connectivity index (χ3n) is 3.66. The van der Waals surface area contributed by atoms with Crippen LogP contribution in [0.2, 0.25) is 5.02 Å². The van der Waals surface area contributed by atoms with Crippen LogP contribution in [0.5, 0.6) is 0 Å². The number of anilines is 4. The highest BCUT2D eigenvalue weighted by Gasteiger charge is 2.06. The number of aryl methyl sites for hydroxylation is 2. The topological polar surface area (TPSA) is 49.8 Å². The molecule has 0 aliphatic rings. The molecule has 2 N–H and O–H groups in total. The number of hydrogen-bond donors (Lipinski definition) is 2. The van der Waals surface area contributed by atoms with Crippen molar-refractivity contribution >= 4 is 34.7 Å². The molecule has 0 unspecified atom stereocenters. The van der Waals surface area contributed by atoms with Gasteiger partial charge in [-0.15, -0.1) is 0 Å². The third-order valence-corrected chi connectivity index (χ3v) is 4.07. The average molecular weight is 339 g/mol. The highest BCUT2D eigenvalue weighted by molar-refractivity contribution is 6.31. The maximum absolute atomic E-state index is 6.18. The Labute approximate surface area is 146 Å². The Balaban J connectivity index is 1.87. The van der Waals surface area contributed by atoms with Gasteiger partial charge in [0.2, 0.25) is 5.95 Å². The molecule has 3 aromatic rings. The molecular weight excluding hydrogens is 320 g/mol. The van der Waals surface area contributed by atoms with Gasteiger partial charge in [0.05, 0.1) is 0 Å². The van der Waals surface area contributed by atoms with E-state index < -0.39 is 0 Å². The summed E-state index contributed by atoms with van der Waals surface area (Å²) in [4.78, 5) is 9.00. The first kappa shape index (κ1) is 16.3. The molecule has 24 heavy (non-hydrogen) atoms. The van der Waals surface area contributed by atoms with Crippen molar-refractivity contribution in [3.63, 3.8) is 0 Å². The predicted molar refractivity (Wildman–Crippen MR) is 101 cm³/mol. The van der Waals surface area contributed by atoms with Crippen LogP contribution < -0.4 is 10.6 Å². The van der Waals surface area contributed by atoms with Crippen LogP contribution in [0, 0.1) is 20.8 Å². The van der Waals surface area contributed by atoms with E-state index in [2.05, 4.69) is 39.7 Å². The summed E-state index contributed by atoms with van der Waals surface area (Å²) in [5, 5.41) is 7.29. The molecule has 0 saturated carbocycles. The molecule has 0 aliphatic heterocycles. The van der Waals surface area contributed by atoms with E-state index in [1.807, 2.05) is 50.2 Å². The van der Waals surface area contributed by atoms with Gasteiger partial charge in [-0.1, -0.05) is 29.8 Å². The van der Waals surface area contributed by atoms with Gasteiger partial charge in [-0.25, -0.2) is 4.98 Å². The SMILES string of the molecule is Cc1cccc(Nc2nc(C)cc(Nc3cccc(Cl)c3C)n2)c1. The van der Waals surface area contributed by atoms with Gasteiger partial charge in [-0.05, 0) is 56.2 Å². The lowest BCUT2D eigenvalue weighted by molar-refractivity contribution is 1.11. The molecule has 1 heterocycles. The monoisotopic (exact) mass is 338 g/mol. The van der Waals surface area contributed by atoms with Crippen LogP contribution in [0.1, 0.15) is 16.8 Å². The van der Waals surface area contributed by atoms with Gasteiger partial charge in [-0.2, -0.15) is 4.98 Å². The Hall–Kier alpha value is -2.59. The molecule has 0 spiro atoms. The summed E-state index contributed by atoms with van der Waals surface area (Å²) in [6.45, 7) is 5.97. The summed E-state index contributed by atoms with van der Waals surface area (Å²) in [5.74, 6) is 1.28. The van der Waals surface area contributed by atoms with Crippen molar-refractivity contribution in [3.8, 4) is 0 Å². The van der Waals surface area contributed by atoms with E-state index in [9.17, 15) is 0 Å². The van der Waals surface area contributed by atoms with E-state index in [4.69, 9.17) is 11.6 Å². The Morgan fingerprint density at radius 2 is 1.67 bits per heavy atom. The van der Waals surface area contributed by atoms with Gasteiger partial charge in [-0.3, -0.25) is 0 Å². The molecule has 4 nitrogen and oxygen atoms in total. The van der Waals surface area contributed by atoms with Crippen molar-refractivity contribution in [1.82, 2.24) is 9.97 Å². The van der Waals surface area contributed by atoms with E-state index in [1.165, 1.54) is 5.56 Å². The molecule has 0 bridgehead atoms. The minimum atomic E-state index is 0.558. The fraction of sp³-hybridized carbons (Fsp3) is 0.158. The lowest BCUT2D eigenvalue weighted by atomic mass is 10.2.